The second-order valence-corrected chi connectivity index (χ2v) is 7.03. The second-order valence-electron chi connectivity index (χ2n) is 5.47. The molecule has 0 aliphatic heterocycles. The van der Waals surface area contributed by atoms with Gasteiger partial charge in [0.1, 0.15) is 5.75 Å². The van der Waals surface area contributed by atoms with Gasteiger partial charge in [-0.3, -0.25) is 4.79 Å². The van der Waals surface area contributed by atoms with E-state index in [1.807, 2.05) is 0 Å². The van der Waals surface area contributed by atoms with Gasteiger partial charge in [0.25, 0.3) is 0 Å². The molecule has 1 aromatic rings. The molecule has 7 heteroatoms. The topological polar surface area (TPSA) is 98.5 Å². The van der Waals surface area contributed by atoms with E-state index in [-0.39, 0.29) is 17.2 Å². The summed E-state index contributed by atoms with van der Waals surface area (Å²) < 4.78 is 27.9. The number of hydrogen-bond donors (Lipinski definition) is 2. The summed E-state index contributed by atoms with van der Waals surface area (Å²) in [4.78, 5) is 11.9. The van der Waals surface area contributed by atoms with Gasteiger partial charge in [0.15, 0.2) is 0 Å². The van der Waals surface area contributed by atoms with E-state index in [0.29, 0.717) is 29.7 Å². The van der Waals surface area contributed by atoms with Crippen LogP contribution in [0.3, 0.4) is 0 Å². The maximum atomic E-state index is 11.9. The van der Waals surface area contributed by atoms with Gasteiger partial charge in [0.2, 0.25) is 15.9 Å². The van der Waals surface area contributed by atoms with Crippen LogP contribution in [0.4, 0.5) is 0 Å². The van der Waals surface area contributed by atoms with Crippen molar-refractivity contribution >= 4 is 15.9 Å². The highest BCUT2D eigenvalue weighted by Gasteiger charge is 2.32. The Morgan fingerprint density at radius 3 is 2.67 bits per heavy atom. The predicted octanol–water partition coefficient (Wildman–Crippen LogP) is 0.657. The van der Waals surface area contributed by atoms with E-state index in [1.54, 1.807) is 0 Å². The second kappa shape index (κ2) is 6.03. The number of rotatable bonds is 6. The first-order valence-corrected chi connectivity index (χ1v) is 8.32. The quantitative estimate of drug-likeness (QED) is 0.806. The zero-order chi connectivity index (χ0) is 15.6. The molecule has 1 amide bonds. The maximum absolute atomic E-state index is 11.9. The van der Waals surface area contributed by atoms with Gasteiger partial charge >= 0.3 is 0 Å². The Hall–Kier alpha value is -1.60. The third-order valence-corrected chi connectivity index (χ3v) is 4.68. The Labute approximate surface area is 124 Å². The Morgan fingerprint density at radius 1 is 1.48 bits per heavy atom. The number of primary sulfonamides is 1. The van der Waals surface area contributed by atoms with E-state index < -0.39 is 10.0 Å². The van der Waals surface area contributed by atoms with Gasteiger partial charge in [0.05, 0.1) is 18.4 Å². The monoisotopic (exact) mass is 312 g/mol. The molecule has 0 aromatic heterocycles. The van der Waals surface area contributed by atoms with Crippen molar-refractivity contribution in [3.8, 4) is 5.75 Å². The Kier molecular flexibility index (Phi) is 4.53. The van der Waals surface area contributed by atoms with Crippen LogP contribution in [-0.4, -0.2) is 28.0 Å². The van der Waals surface area contributed by atoms with E-state index in [2.05, 4.69) is 12.2 Å². The number of sulfonamides is 1. The van der Waals surface area contributed by atoms with Gasteiger partial charge in [0, 0.05) is 12.1 Å². The average Bonchev–Trinajstić information content (AvgIpc) is 3.11. The van der Waals surface area contributed by atoms with Gasteiger partial charge in [-0.05, 0) is 36.5 Å². The lowest BCUT2D eigenvalue weighted by molar-refractivity contribution is -0.120. The smallest absolute Gasteiger partial charge is 0.238 e. The average molecular weight is 312 g/mol. The first kappa shape index (κ1) is 15.8. The van der Waals surface area contributed by atoms with Crippen LogP contribution in [0, 0.1) is 11.8 Å². The molecule has 6 nitrogen and oxygen atoms in total. The summed E-state index contributed by atoms with van der Waals surface area (Å²) >= 11 is 0. The summed E-state index contributed by atoms with van der Waals surface area (Å²) in [5.74, 6) is 1.55. The number of nitrogens with two attached hydrogens (primary N) is 1. The SMILES string of the molecule is COc1ccc(S(N)(=O)=O)cc1CC(=O)NCC1CC1C. The first-order valence-electron chi connectivity index (χ1n) is 6.77. The van der Waals surface area contributed by atoms with E-state index in [9.17, 15) is 13.2 Å². The van der Waals surface area contributed by atoms with Gasteiger partial charge in [-0.2, -0.15) is 0 Å². The number of carbonyl (C=O) groups is 1. The molecule has 0 bridgehead atoms. The van der Waals surface area contributed by atoms with Crippen molar-refractivity contribution < 1.29 is 17.9 Å². The van der Waals surface area contributed by atoms with Crippen molar-refractivity contribution in [1.82, 2.24) is 5.32 Å². The third kappa shape index (κ3) is 4.18. The summed E-state index contributed by atoms with van der Waals surface area (Å²) in [7, 11) is -2.32. The lowest BCUT2D eigenvalue weighted by atomic mass is 10.1. The van der Waals surface area contributed by atoms with Crippen LogP contribution >= 0.6 is 0 Å². The molecule has 0 saturated heterocycles. The molecule has 1 fully saturated rings. The van der Waals surface area contributed by atoms with E-state index in [0.717, 1.165) is 6.42 Å². The van der Waals surface area contributed by atoms with Gasteiger partial charge in [-0.25, -0.2) is 13.6 Å². The fourth-order valence-electron chi connectivity index (χ4n) is 2.23. The third-order valence-electron chi connectivity index (χ3n) is 3.77. The number of carbonyl (C=O) groups excluding carboxylic acids is 1. The molecule has 1 saturated carbocycles. The minimum absolute atomic E-state index is 0.0260. The summed E-state index contributed by atoms with van der Waals surface area (Å²) in [6.45, 7) is 2.81. The molecular formula is C14H20N2O4S. The number of benzene rings is 1. The number of amides is 1. The fraction of sp³-hybridized carbons (Fsp3) is 0.500. The number of hydrogen-bond acceptors (Lipinski definition) is 4. The standard InChI is InChI=1S/C14H20N2O4S/c1-9-5-11(9)8-16-14(17)7-10-6-12(21(15,18)19)3-4-13(10)20-2/h3-4,6,9,11H,5,7-8H2,1-2H3,(H,16,17)(H2,15,18,19). The summed E-state index contributed by atoms with van der Waals surface area (Å²) in [5.41, 5.74) is 0.505. The molecule has 1 aliphatic rings. The lowest BCUT2D eigenvalue weighted by Gasteiger charge is -2.10. The molecule has 3 N–H and O–H groups in total. The first-order chi connectivity index (χ1) is 9.81. The van der Waals surface area contributed by atoms with Crippen LogP contribution in [0.15, 0.2) is 23.1 Å². The highest BCUT2D eigenvalue weighted by molar-refractivity contribution is 7.89. The van der Waals surface area contributed by atoms with Gasteiger partial charge in [-0.1, -0.05) is 6.92 Å². The molecule has 0 radical (unpaired) electrons. The molecule has 21 heavy (non-hydrogen) atoms. The number of ether oxygens (including phenoxy) is 1. The van der Waals surface area contributed by atoms with E-state index in [4.69, 9.17) is 9.88 Å². The number of nitrogens with one attached hydrogen (secondary N) is 1. The van der Waals surface area contributed by atoms with Crippen LogP contribution in [0.1, 0.15) is 18.9 Å². The Bertz CT molecular complexity index is 642. The molecule has 2 atom stereocenters. The molecule has 2 rings (SSSR count). The van der Waals surface area contributed by atoms with Crippen LogP contribution in [0.25, 0.3) is 0 Å². The number of methoxy groups -OCH3 is 1. The molecule has 0 spiro atoms. The lowest BCUT2D eigenvalue weighted by Crippen LogP contribution is -2.27. The minimum Gasteiger partial charge on any atom is -0.496 e. The maximum Gasteiger partial charge on any atom is 0.238 e. The molecule has 2 unspecified atom stereocenters. The highest BCUT2D eigenvalue weighted by Crippen LogP contribution is 2.36. The van der Waals surface area contributed by atoms with Gasteiger partial charge in [-0.15, -0.1) is 0 Å². The van der Waals surface area contributed by atoms with Crippen molar-refractivity contribution in [3.05, 3.63) is 23.8 Å². The minimum atomic E-state index is -3.80. The van der Waals surface area contributed by atoms with Crippen molar-refractivity contribution in [2.75, 3.05) is 13.7 Å². The summed E-state index contributed by atoms with van der Waals surface area (Å²) in [5, 5.41) is 7.96. The van der Waals surface area contributed by atoms with Crippen molar-refractivity contribution in [3.63, 3.8) is 0 Å². The molecular weight excluding hydrogens is 292 g/mol. The largest absolute Gasteiger partial charge is 0.496 e. The van der Waals surface area contributed by atoms with Crippen molar-refractivity contribution in [1.29, 1.82) is 0 Å². The Balaban J connectivity index is 2.07. The summed E-state index contributed by atoms with van der Waals surface area (Å²) in [6, 6.07) is 4.25. The summed E-state index contributed by atoms with van der Waals surface area (Å²) in [6.07, 6.45) is 1.21. The fourth-order valence-corrected chi connectivity index (χ4v) is 2.80. The van der Waals surface area contributed by atoms with Crippen LogP contribution < -0.4 is 15.2 Å². The molecule has 1 aromatic carbocycles. The van der Waals surface area contributed by atoms with Crippen molar-refractivity contribution in [2.24, 2.45) is 17.0 Å². The van der Waals surface area contributed by atoms with Gasteiger partial charge < -0.3 is 10.1 Å². The van der Waals surface area contributed by atoms with Crippen LogP contribution in [-0.2, 0) is 21.2 Å². The predicted molar refractivity (Wildman–Crippen MR) is 78.4 cm³/mol. The zero-order valence-corrected chi connectivity index (χ0v) is 12.9. The van der Waals surface area contributed by atoms with E-state index >= 15 is 0 Å². The zero-order valence-electron chi connectivity index (χ0n) is 12.1. The Morgan fingerprint density at radius 2 is 2.14 bits per heavy atom. The van der Waals surface area contributed by atoms with E-state index in [1.165, 1.54) is 25.3 Å². The molecule has 1 aliphatic carbocycles. The normalized spacial score (nSPS) is 20.9. The molecule has 0 heterocycles. The molecule has 116 valence electrons. The van der Waals surface area contributed by atoms with Crippen LogP contribution in [0.5, 0.6) is 5.75 Å². The highest BCUT2D eigenvalue weighted by atomic mass is 32.2. The van der Waals surface area contributed by atoms with Crippen LogP contribution in [0.2, 0.25) is 0 Å². The van der Waals surface area contributed by atoms with Crippen molar-refractivity contribution in [2.45, 2.75) is 24.7 Å².